The molecule has 2 aliphatic rings. The average Bonchev–Trinajstić information content (AvgIpc) is 3.80. The minimum absolute atomic E-state index is 0.143. The van der Waals surface area contributed by atoms with Crippen molar-refractivity contribution < 1.29 is 0 Å². The summed E-state index contributed by atoms with van der Waals surface area (Å²) in [7, 11) is 0. The highest BCUT2D eigenvalue weighted by Crippen LogP contribution is 2.48. The number of thiophene rings is 2. The van der Waals surface area contributed by atoms with Gasteiger partial charge in [-0.05, 0) is 96.1 Å². The van der Waals surface area contributed by atoms with Crippen LogP contribution in [-0.2, 0) is 6.42 Å². The van der Waals surface area contributed by atoms with Crippen LogP contribution in [0, 0.1) is 11.3 Å². The highest BCUT2D eigenvalue weighted by molar-refractivity contribution is 7.28. The fourth-order valence-corrected chi connectivity index (χ4v) is 10.3. The summed E-state index contributed by atoms with van der Waals surface area (Å²) in [4.78, 5) is 1.36. The molecule has 0 spiro atoms. The van der Waals surface area contributed by atoms with E-state index in [1.54, 1.807) is 0 Å². The molecule has 5 aromatic carbocycles. The number of hydrogen-bond acceptors (Lipinski definition) is 3. The summed E-state index contributed by atoms with van der Waals surface area (Å²) in [5.74, 6) is 0.143. The van der Waals surface area contributed by atoms with Crippen LogP contribution in [0.1, 0.15) is 45.9 Å². The molecule has 0 bridgehead atoms. The molecule has 47 heavy (non-hydrogen) atoms. The first-order chi connectivity index (χ1) is 23.2. The number of nitrogens with zero attached hydrogens (tertiary/aromatic N) is 2. The molecule has 0 saturated heterocycles. The van der Waals surface area contributed by atoms with Gasteiger partial charge in [0.15, 0.2) is 0 Å². The van der Waals surface area contributed by atoms with Gasteiger partial charge in [0.1, 0.15) is 0 Å². The van der Waals surface area contributed by atoms with E-state index in [4.69, 9.17) is 0 Å². The maximum Gasteiger partial charge on any atom is 0.0991 e. The summed E-state index contributed by atoms with van der Waals surface area (Å²) in [6.45, 7) is 0. The fraction of sp³-hybridized carbons (Fsp3) is 0.0930. The Morgan fingerprint density at radius 3 is 2.32 bits per heavy atom. The zero-order valence-electron chi connectivity index (χ0n) is 25.5. The van der Waals surface area contributed by atoms with Crippen molar-refractivity contribution in [1.29, 1.82) is 5.26 Å². The van der Waals surface area contributed by atoms with E-state index >= 15 is 0 Å². The average molecular weight is 637 g/mol. The standard InChI is InChI=1S/C43H28N2S2/c44-25-26-14-18-38(45-36-12-6-4-10-30(36)31-11-5-7-13-37(31)45)33(22-26)29-16-20-40-35(24-29)42-41(46-40)21-17-32-34-23-28(27-8-2-1-3-9-27)15-19-39(34)47-43(32)42/h2,4-23,29H,1,3,24H2. The minimum atomic E-state index is 0.143. The van der Waals surface area contributed by atoms with E-state index in [9.17, 15) is 5.26 Å². The summed E-state index contributed by atoms with van der Waals surface area (Å²) in [5, 5.41) is 16.6. The highest BCUT2D eigenvalue weighted by atomic mass is 32.1. The third-order valence-electron chi connectivity index (χ3n) is 10.0. The summed E-state index contributed by atoms with van der Waals surface area (Å²) in [5.41, 5.74) is 9.48. The number of rotatable bonds is 3. The first-order valence-electron chi connectivity index (χ1n) is 16.2. The topological polar surface area (TPSA) is 28.7 Å². The lowest BCUT2D eigenvalue weighted by Gasteiger charge is -2.22. The number of aromatic nitrogens is 1. The minimum Gasteiger partial charge on any atom is -0.309 e. The fourth-order valence-electron chi connectivity index (χ4n) is 7.85. The Balaban J connectivity index is 1.15. The molecule has 1 atom stereocenters. The van der Waals surface area contributed by atoms with Crippen molar-refractivity contribution in [3.8, 4) is 11.8 Å². The first-order valence-corrected chi connectivity index (χ1v) is 17.9. The molecule has 0 fully saturated rings. The van der Waals surface area contributed by atoms with Crippen molar-refractivity contribution in [3.63, 3.8) is 0 Å². The Kier molecular flexibility index (Phi) is 5.97. The molecular formula is C43H28N2S2. The van der Waals surface area contributed by atoms with Crippen LogP contribution >= 0.6 is 22.7 Å². The van der Waals surface area contributed by atoms with Crippen LogP contribution < -0.4 is 0 Å². The molecule has 3 aromatic heterocycles. The van der Waals surface area contributed by atoms with Gasteiger partial charge < -0.3 is 4.57 Å². The summed E-state index contributed by atoms with van der Waals surface area (Å²) in [6, 6.07) is 37.7. The number of nitriles is 1. The SMILES string of the molecule is N#Cc1ccc(-n2c3ccccc3c3ccccc32)c(C2C=Cc3sc4ccc5c6cc(C7=CCCC=C7)ccc6sc5c4c3C2)c1. The largest absolute Gasteiger partial charge is 0.309 e. The van der Waals surface area contributed by atoms with Crippen LogP contribution in [-0.4, -0.2) is 4.57 Å². The van der Waals surface area contributed by atoms with Gasteiger partial charge in [0, 0.05) is 51.8 Å². The van der Waals surface area contributed by atoms with Crippen molar-refractivity contribution in [2.75, 3.05) is 0 Å². The zero-order valence-corrected chi connectivity index (χ0v) is 27.2. The van der Waals surface area contributed by atoms with Crippen molar-refractivity contribution in [2.45, 2.75) is 25.2 Å². The van der Waals surface area contributed by atoms with Crippen LogP contribution in [0.4, 0.5) is 0 Å². The van der Waals surface area contributed by atoms with Crippen LogP contribution in [0.2, 0.25) is 0 Å². The molecular weight excluding hydrogens is 609 g/mol. The molecule has 1 unspecified atom stereocenters. The second-order valence-corrected chi connectivity index (χ2v) is 14.8. The van der Waals surface area contributed by atoms with E-state index in [2.05, 4.69) is 132 Å². The third-order valence-corrected chi connectivity index (χ3v) is 12.4. The van der Waals surface area contributed by atoms with Gasteiger partial charge >= 0.3 is 0 Å². The van der Waals surface area contributed by atoms with Crippen LogP contribution in [0.5, 0.6) is 0 Å². The second-order valence-electron chi connectivity index (χ2n) is 12.6. The van der Waals surface area contributed by atoms with Gasteiger partial charge in [0.25, 0.3) is 0 Å². The predicted octanol–water partition coefficient (Wildman–Crippen LogP) is 12.3. The lowest BCUT2D eigenvalue weighted by molar-refractivity contribution is 0.827. The molecule has 0 saturated carbocycles. The molecule has 0 amide bonds. The van der Waals surface area contributed by atoms with Gasteiger partial charge in [-0.25, -0.2) is 0 Å². The van der Waals surface area contributed by atoms with Gasteiger partial charge in [-0.1, -0.05) is 72.8 Å². The van der Waals surface area contributed by atoms with Crippen molar-refractivity contribution >= 4 is 86.4 Å². The Morgan fingerprint density at radius 2 is 1.53 bits per heavy atom. The smallest absolute Gasteiger partial charge is 0.0991 e. The van der Waals surface area contributed by atoms with E-state index < -0.39 is 0 Å². The number of para-hydroxylation sites is 2. The Bertz CT molecular complexity index is 2680. The quantitative estimate of drug-likeness (QED) is 0.190. The van der Waals surface area contributed by atoms with E-state index in [0.717, 1.165) is 24.9 Å². The number of benzene rings is 5. The van der Waals surface area contributed by atoms with Gasteiger partial charge in [0.2, 0.25) is 0 Å². The number of hydrogen-bond donors (Lipinski definition) is 0. The molecule has 0 radical (unpaired) electrons. The lowest BCUT2D eigenvalue weighted by Crippen LogP contribution is -2.09. The zero-order chi connectivity index (χ0) is 31.1. The van der Waals surface area contributed by atoms with E-state index in [-0.39, 0.29) is 5.92 Å². The lowest BCUT2D eigenvalue weighted by atomic mass is 9.85. The first kappa shape index (κ1) is 27.0. The Labute approximate surface area is 280 Å². The summed E-state index contributed by atoms with van der Waals surface area (Å²) >= 11 is 3.83. The monoisotopic (exact) mass is 636 g/mol. The molecule has 4 heteroatoms. The van der Waals surface area contributed by atoms with Crippen molar-refractivity contribution in [2.24, 2.45) is 0 Å². The molecule has 8 aromatic rings. The predicted molar refractivity (Wildman–Crippen MR) is 202 cm³/mol. The normalized spacial score (nSPS) is 16.0. The molecule has 2 nitrogen and oxygen atoms in total. The molecule has 3 heterocycles. The third kappa shape index (κ3) is 4.07. The highest BCUT2D eigenvalue weighted by Gasteiger charge is 2.26. The molecule has 10 rings (SSSR count). The maximum absolute atomic E-state index is 10.0. The molecule has 0 N–H and O–H groups in total. The van der Waals surface area contributed by atoms with Crippen molar-refractivity contribution in [3.05, 3.63) is 148 Å². The van der Waals surface area contributed by atoms with Gasteiger partial charge in [-0.2, -0.15) is 5.26 Å². The Morgan fingerprint density at radius 1 is 0.723 bits per heavy atom. The van der Waals surface area contributed by atoms with Gasteiger partial charge in [0.05, 0.1) is 28.4 Å². The summed E-state index contributed by atoms with van der Waals surface area (Å²) < 4.78 is 6.48. The maximum atomic E-state index is 10.0. The second kappa shape index (κ2) is 10.4. The molecule has 2 aliphatic carbocycles. The van der Waals surface area contributed by atoms with Crippen molar-refractivity contribution in [1.82, 2.24) is 4.57 Å². The van der Waals surface area contributed by atoms with Crippen LogP contribution in [0.3, 0.4) is 0 Å². The van der Waals surface area contributed by atoms with E-state index in [1.807, 2.05) is 28.7 Å². The molecule has 222 valence electrons. The summed E-state index contributed by atoms with van der Waals surface area (Å²) in [6.07, 6.45) is 14.8. The molecule has 0 aliphatic heterocycles. The van der Waals surface area contributed by atoms with Gasteiger partial charge in [-0.3, -0.25) is 0 Å². The van der Waals surface area contributed by atoms with Crippen LogP contribution in [0.15, 0.2) is 121 Å². The van der Waals surface area contributed by atoms with Gasteiger partial charge in [-0.15, -0.1) is 22.7 Å². The Hall–Kier alpha value is -5.21. The number of allylic oxidation sites excluding steroid dienone is 5. The van der Waals surface area contributed by atoms with E-state index in [0.29, 0.717) is 5.56 Å². The number of fused-ring (bicyclic) bond motifs is 10. The van der Waals surface area contributed by atoms with E-state index in [1.165, 1.54) is 79.2 Å². The van der Waals surface area contributed by atoms with Crippen LogP contribution in [0.25, 0.3) is 69.4 Å².